The van der Waals surface area contributed by atoms with Gasteiger partial charge in [0.1, 0.15) is 11.9 Å². The standard InChI is InChI=1S/C12H13N5O2S/c13-8-9-7-10(14)1-2-11(9)20(18,19)17-4-3-12-15-5-6-16-12/h1-2,5-7,17H,3-4,14H2,(H,15,16). The van der Waals surface area contributed by atoms with Gasteiger partial charge in [-0.2, -0.15) is 5.26 Å². The lowest BCUT2D eigenvalue weighted by molar-refractivity contribution is 0.581. The van der Waals surface area contributed by atoms with Crippen molar-refractivity contribution in [1.29, 1.82) is 5.26 Å². The van der Waals surface area contributed by atoms with Gasteiger partial charge < -0.3 is 10.7 Å². The molecule has 0 amide bonds. The largest absolute Gasteiger partial charge is 0.399 e. The summed E-state index contributed by atoms with van der Waals surface area (Å²) < 4.78 is 26.7. The van der Waals surface area contributed by atoms with E-state index in [0.29, 0.717) is 17.9 Å². The molecule has 2 rings (SSSR count). The van der Waals surface area contributed by atoms with Crippen LogP contribution < -0.4 is 10.5 Å². The van der Waals surface area contributed by atoms with Gasteiger partial charge in [-0.15, -0.1) is 0 Å². The molecule has 0 radical (unpaired) electrons. The maximum atomic E-state index is 12.1. The second kappa shape index (κ2) is 5.73. The molecular formula is C12H13N5O2S. The Hall–Kier alpha value is -2.37. The summed E-state index contributed by atoms with van der Waals surface area (Å²) in [7, 11) is -3.74. The molecule has 2 aromatic rings. The van der Waals surface area contributed by atoms with Crippen LogP contribution in [-0.4, -0.2) is 24.9 Å². The highest BCUT2D eigenvalue weighted by Crippen LogP contribution is 2.17. The van der Waals surface area contributed by atoms with Crippen molar-refractivity contribution in [2.75, 3.05) is 12.3 Å². The average Bonchev–Trinajstić information content (AvgIpc) is 2.91. The van der Waals surface area contributed by atoms with Gasteiger partial charge in [-0.1, -0.05) is 0 Å². The van der Waals surface area contributed by atoms with E-state index >= 15 is 0 Å². The lowest BCUT2D eigenvalue weighted by Crippen LogP contribution is -2.27. The van der Waals surface area contributed by atoms with Gasteiger partial charge in [-0.3, -0.25) is 0 Å². The minimum Gasteiger partial charge on any atom is -0.399 e. The smallest absolute Gasteiger partial charge is 0.241 e. The molecule has 0 saturated carbocycles. The Morgan fingerprint density at radius 3 is 2.90 bits per heavy atom. The fourth-order valence-corrected chi connectivity index (χ4v) is 2.85. The first-order valence-corrected chi connectivity index (χ1v) is 7.29. The lowest BCUT2D eigenvalue weighted by Gasteiger charge is -2.08. The topological polar surface area (TPSA) is 125 Å². The average molecular weight is 291 g/mol. The molecule has 8 heteroatoms. The Morgan fingerprint density at radius 2 is 2.25 bits per heavy atom. The number of anilines is 1. The van der Waals surface area contributed by atoms with E-state index < -0.39 is 10.0 Å². The molecule has 1 heterocycles. The number of aromatic nitrogens is 2. The normalized spacial score (nSPS) is 11.2. The minimum absolute atomic E-state index is 0.0236. The van der Waals surface area contributed by atoms with Crippen LogP contribution in [0, 0.1) is 11.3 Å². The van der Waals surface area contributed by atoms with Crippen LogP contribution in [0.2, 0.25) is 0 Å². The Morgan fingerprint density at radius 1 is 1.45 bits per heavy atom. The lowest BCUT2D eigenvalue weighted by atomic mass is 10.2. The Labute approximate surface area is 116 Å². The number of benzene rings is 1. The summed E-state index contributed by atoms with van der Waals surface area (Å²) >= 11 is 0. The number of sulfonamides is 1. The van der Waals surface area contributed by atoms with Crippen molar-refractivity contribution in [2.24, 2.45) is 0 Å². The van der Waals surface area contributed by atoms with Gasteiger partial charge in [-0.25, -0.2) is 18.1 Å². The van der Waals surface area contributed by atoms with Crippen LogP contribution in [0.3, 0.4) is 0 Å². The number of nitriles is 1. The molecule has 7 nitrogen and oxygen atoms in total. The third kappa shape index (κ3) is 3.14. The van der Waals surface area contributed by atoms with Crippen molar-refractivity contribution in [2.45, 2.75) is 11.3 Å². The summed E-state index contributed by atoms with van der Waals surface area (Å²) in [6, 6.07) is 5.93. The summed E-state index contributed by atoms with van der Waals surface area (Å²) in [6.45, 7) is 0.186. The molecule has 20 heavy (non-hydrogen) atoms. The van der Waals surface area contributed by atoms with Gasteiger partial charge in [0.25, 0.3) is 0 Å². The van der Waals surface area contributed by atoms with Crippen LogP contribution >= 0.6 is 0 Å². The molecule has 0 bridgehead atoms. The van der Waals surface area contributed by atoms with Crippen LogP contribution in [0.4, 0.5) is 5.69 Å². The quantitative estimate of drug-likeness (QED) is 0.687. The van der Waals surface area contributed by atoms with Gasteiger partial charge in [0.2, 0.25) is 10.0 Å². The first kappa shape index (κ1) is 14.0. The Bertz CT molecular complexity index is 732. The van der Waals surface area contributed by atoms with Crippen molar-refractivity contribution in [3.63, 3.8) is 0 Å². The molecule has 1 aromatic carbocycles. The van der Waals surface area contributed by atoms with E-state index in [9.17, 15) is 8.42 Å². The number of nitrogen functional groups attached to an aromatic ring is 1. The van der Waals surface area contributed by atoms with E-state index in [1.165, 1.54) is 18.2 Å². The van der Waals surface area contributed by atoms with Gasteiger partial charge in [0.05, 0.1) is 10.5 Å². The van der Waals surface area contributed by atoms with E-state index in [1.807, 2.05) is 6.07 Å². The number of nitrogens with two attached hydrogens (primary N) is 1. The molecule has 0 aliphatic carbocycles. The highest BCUT2D eigenvalue weighted by atomic mass is 32.2. The molecule has 0 aliphatic rings. The second-order valence-electron chi connectivity index (χ2n) is 4.05. The van der Waals surface area contributed by atoms with Crippen molar-refractivity contribution in [3.8, 4) is 6.07 Å². The SMILES string of the molecule is N#Cc1cc(N)ccc1S(=O)(=O)NCCc1ncc[nH]1. The Balaban J connectivity index is 2.12. The van der Waals surface area contributed by atoms with E-state index in [-0.39, 0.29) is 17.0 Å². The second-order valence-corrected chi connectivity index (χ2v) is 5.79. The van der Waals surface area contributed by atoms with E-state index in [4.69, 9.17) is 11.0 Å². The zero-order chi connectivity index (χ0) is 14.6. The van der Waals surface area contributed by atoms with Crippen LogP contribution in [0.1, 0.15) is 11.4 Å². The third-order valence-electron chi connectivity index (χ3n) is 2.62. The number of rotatable bonds is 5. The van der Waals surface area contributed by atoms with E-state index in [2.05, 4.69) is 14.7 Å². The van der Waals surface area contributed by atoms with E-state index in [1.54, 1.807) is 12.4 Å². The first-order chi connectivity index (χ1) is 9.53. The molecular weight excluding hydrogens is 278 g/mol. The minimum atomic E-state index is -3.74. The van der Waals surface area contributed by atoms with Gasteiger partial charge in [-0.05, 0) is 18.2 Å². The van der Waals surface area contributed by atoms with E-state index in [0.717, 1.165) is 0 Å². The molecule has 0 atom stereocenters. The zero-order valence-electron chi connectivity index (χ0n) is 10.5. The maximum Gasteiger partial charge on any atom is 0.241 e. The van der Waals surface area contributed by atoms with Gasteiger partial charge >= 0.3 is 0 Å². The van der Waals surface area contributed by atoms with Crippen molar-refractivity contribution < 1.29 is 8.42 Å². The Kier molecular flexibility index (Phi) is 4.02. The number of nitrogens with zero attached hydrogens (tertiary/aromatic N) is 2. The number of imidazole rings is 1. The molecule has 0 spiro atoms. The van der Waals surface area contributed by atoms with Crippen molar-refractivity contribution in [1.82, 2.24) is 14.7 Å². The molecule has 0 unspecified atom stereocenters. The maximum absolute atomic E-state index is 12.1. The summed E-state index contributed by atoms with van der Waals surface area (Å²) in [6.07, 6.45) is 3.69. The van der Waals surface area contributed by atoms with Crippen LogP contribution in [0.15, 0.2) is 35.5 Å². The number of aromatic amines is 1. The van der Waals surface area contributed by atoms with Crippen LogP contribution in [-0.2, 0) is 16.4 Å². The summed E-state index contributed by atoms with van der Waals surface area (Å²) in [5.74, 6) is 0.686. The highest BCUT2D eigenvalue weighted by molar-refractivity contribution is 7.89. The molecule has 0 saturated heterocycles. The third-order valence-corrected chi connectivity index (χ3v) is 4.14. The summed E-state index contributed by atoms with van der Waals surface area (Å²) in [5.41, 5.74) is 5.90. The molecule has 104 valence electrons. The van der Waals surface area contributed by atoms with Crippen molar-refractivity contribution in [3.05, 3.63) is 42.0 Å². The van der Waals surface area contributed by atoms with Gasteiger partial charge in [0, 0.05) is 31.0 Å². The number of hydrogen-bond acceptors (Lipinski definition) is 5. The summed E-state index contributed by atoms with van der Waals surface area (Å²) in [4.78, 5) is 6.80. The fraction of sp³-hybridized carbons (Fsp3) is 0.167. The monoisotopic (exact) mass is 291 g/mol. The molecule has 1 aromatic heterocycles. The van der Waals surface area contributed by atoms with Crippen LogP contribution in [0.25, 0.3) is 0 Å². The molecule has 0 fully saturated rings. The van der Waals surface area contributed by atoms with Crippen LogP contribution in [0.5, 0.6) is 0 Å². The predicted molar refractivity (Wildman–Crippen MR) is 73.0 cm³/mol. The number of H-pyrrole nitrogens is 1. The number of nitrogens with one attached hydrogen (secondary N) is 2. The van der Waals surface area contributed by atoms with Crippen molar-refractivity contribution >= 4 is 15.7 Å². The predicted octanol–water partition coefficient (Wildman–Crippen LogP) is 0.385. The molecule has 4 N–H and O–H groups in total. The highest BCUT2D eigenvalue weighted by Gasteiger charge is 2.18. The molecule has 0 aliphatic heterocycles. The number of hydrogen-bond donors (Lipinski definition) is 3. The fourth-order valence-electron chi connectivity index (χ4n) is 1.69. The van der Waals surface area contributed by atoms with Gasteiger partial charge in [0.15, 0.2) is 0 Å². The summed E-state index contributed by atoms with van der Waals surface area (Å²) in [5, 5.41) is 8.97. The zero-order valence-corrected chi connectivity index (χ0v) is 11.3. The first-order valence-electron chi connectivity index (χ1n) is 5.80.